The minimum atomic E-state index is -0.275. The van der Waals surface area contributed by atoms with Crippen LogP contribution in [0.3, 0.4) is 0 Å². The normalized spacial score (nSPS) is 14.2. The van der Waals surface area contributed by atoms with Crippen molar-refractivity contribution in [3.8, 4) is 17.2 Å². The van der Waals surface area contributed by atoms with Crippen LogP contribution in [-0.2, 0) is 11.3 Å². The minimum Gasteiger partial charge on any atom is -0.493 e. The summed E-state index contributed by atoms with van der Waals surface area (Å²) in [6, 6.07) is 14.1. The average Bonchev–Trinajstić information content (AvgIpc) is 3.32. The molecule has 0 unspecified atom stereocenters. The molecule has 0 radical (unpaired) electrons. The third-order valence-corrected chi connectivity index (χ3v) is 6.55. The monoisotopic (exact) mass is 469 g/mol. The molecule has 3 aromatic rings. The summed E-state index contributed by atoms with van der Waals surface area (Å²) in [6.07, 6.45) is 5.44. The Kier molecular flexibility index (Phi) is 7.99. The molecule has 33 heavy (non-hydrogen) atoms. The lowest BCUT2D eigenvalue weighted by Crippen LogP contribution is -2.41. The van der Waals surface area contributed by atoms with Crippen LogP contribution in [0.25, 0.3) is 11.5 Å². The van der Waals surface area contributed by atoms with Crippen molar-refractivity contribution in [3.63, 3.8) is 0 Å². The van der Waals surface area contributed by atoms with E-state index in [2.05, 4.69) is 10.2 Å². The summed E-state index contributed by atoms with van der Waals surface area (Å²) in [5.74, 6) is 0.990. The third kappa shape index (κ3) is 6.13. The van der Waals surface area contributed by atoms with Gasteiger partial charge < -0.3 is 14.1 Å². The molecule has 0 bridgehead atoms. The summed E-state index contributed by atoms with van der Waals surface area (Å²) in [6.45, 7) is 2.93. The minimum absolute atomic E-state index is 0.0192. The number of ether oxygens (including phenoxy) is 1. The van der Waals surface area contributed by atoms with Gasteiger partial charge >= 0.3 is 0 Å². The Morgan fingerprint density at radius 2 is 1.88 bits per heavy atom. The second-order valence-electron chi connectivity index (χ2n) is 8.03. The van der Waals surface area contributed by atoms with E-state index >= 15 is 0 Å². The van der Waals surface area contributed by atoms with Crippen LogP contribution in [0, 0.1) is 5.82 Å². The highest BCUT2D eigenvalue weighted by Crippen LogP contribution is 2.31. The van der Waals surface area contributed by atoms with Crippen LogP contribution in [0.4, 0.5) is 4.39 Å². The van der Waals surface area contributed by atoms with Gasteiger partial charge in [-0.05, 0) is 49.6 Å². The van der Waals surface area contributed by atoms with Crippen LogP contribution in [0.1, 0.15) is 44.6 Å². The molecular formula is C25H28FN3O3S. The van der Waals surface area contributed by atoms with E-state index in [9.17, 15) is 9.18 Å². The van der Waals surface area contributed by atoms with E-state index in [1.54, 1.807) is 12.1 Å². The number of hydrogen-bond acceptors (Lipinski definition) is 6. The van der Waals surface area contributed by atoms with Gasteiger partial charge in [-0.15, -0.1) is 10.2 Å². The molecule has 1 fully saturated rings. The summed E-state index contributed by atoms with van der Waals surface area (Å²) in [7, 11) is 0. The molecule has 0 saturated heterocycles. The smallest absolute Gasteiger partial charge is 0.277 e. The third-order valence-electron chi connectivity index (χ3n) is 5.74. The number of benzene rings is 2. The quantitative estimate of drug-likeness (QED) is 0.373. The van der Waals surface area contributed by atoms with Gasteiger partial charge in [0.05, 0.1) is 17.9 Å². The fourth-order valence-corrected chi connectivity index (χ4v) is 4.76. The zero-order valence-electron chi connectivity index (χ0n) is 18.7. The Morgan fingerprint density at radius 3 is 2.64 bits per heavy atom. The second-order valence-corrected chi connectivity index (χ2v) is 8.96. The first kappa shape index (κ1) is 23.3. The zero-order valence-corrected chi connectivity index (χ0v) is 19.5. The van der Waals surface area contributed by atoms with Crippen LogP contribution in [0.2, 0.25) is 0 Å². The largest absolute Gasteiger partial charge is 0.493 e. The predicted octanol–water partition coefficient (Wildman–Crippen LogP) is 5.73. The lowest BCUT2D eigenvalue weighted by molar-refractivity contribution is -0.132. The van der Waals surface area contributed by atoms with Crippen LogP contribution in [0.5, 0.6) is 5.75 Å². The van der Waals surface area contributed by atoms with Crippen molar-refractivity contribution in [2.75, 3.05) is 12.4 Å². The van der Waals surface area contributed by atoms with Gasteiger partial charge in [-0.3, -0.25) is 4.79 Å². The maximum atomic E-state index is 13.3. The van der Waals surface area contributed by atoms with Gasteiger partial charge in [0.25, 0.3) is 11.1 Å². The fraction of sp³-hybridized carbons (Fsp3) is 0.400. The molecule has 8 heteroatoms. The van der Waals surface area contributed by atoms with E-state index in [0.717, 1.165) is 36.8 Å². The summed E-state index contributed by atoms with van der Waals surface area (Å²) in [5.41, 5.74) is 1.65. The maximum absolute atomic E-state index is 13.3. The van der Waals surface area contributed by atoms with Crippen molar-refractivity contribution in [1.82, 2.24) is 15.1 Å². The SMILES string of the molecule is CCOc1ccccc1-c1nnc(SCC(=O)N(Cc2ccc(F)cc2)C2CCCCC2)o1. The average molecular weight is 470 g/mol. The lowest BCUT2D eigenvalue weighted by atomic mass is 9.94. The van der Waals surface area contributed by atoms with Crippen molar-refractivity contribution in [1.29, 1.82) is 0 Å². The number of hydrogen-bond donors (Lipinski definition) is 0. The second kappa shape index (κ2) is 11.3. The molecule has 0 N–H and O–H groups in total. The molecule has 1 aromatic heterocycles. The van der Waals surface area contributed by atoms with E-state index in [1.165, 1.54) is 30.3 Å². The lowest BCUT2D eigenvalue weighted by Gasteiger charge is -2.34. The van der Waals surface area contributed by atoms with Crippen molar-refractivity contribution in [2.24, 2.45) is 0 Å². The number of carbonyl (C=O) groups is 1. The number of rotatable bonds is 9. The van der Waals surface area contributed by atoms with Crippen LogP contribution >= 0.6 is 11.8 Å². The van der Waals surface area contributed by atoms with Gasteiger partial charge in [-0.2, -0.15) is 0 Å². The molecule has 1 aliphatic rings. The van der Waals surface area contributed by atoms with Crippen LogP contribution in [0.15, 0.2) is 58.2 Å². The molecule has 1 heterocycles. The summed E-state index contributed by atoms with van der Waals surface area (Å²) in [4.78, 5) is 15.2. The maximum Gasteiger partial charge on any atom is 0.277 e. The summed E-state index contributed by atoms with van der Waals surface area (Å²) < 4.78 is 24.8. The molecule has 0 atom stereocenters. The predicted molar refractivity (Wildman–Crippen MR) is 125 cm³/mol. The molecule has 174 valence electrons. The standard InChI is InChI=1S/C25H28FN3O3S/c1-2-31-22-11-7-6-10-21(22)24-27-28-25(32-24)33-17-23(30)29(20-8-4-3-5-9-20)16-18-12-14-19(26)15-13-18/h6-7,10-15,20H,2-5,8-9,16-17H2,1H3. The Morgan fingerprint density at radius 1 is 1.12 bits per heavy atom. The first-order valence-electron chi connectivity index (χ1n) is 11.4. The highest BCUT2D eigenvalue weighted by molar-refractivity contribution is 7.99. The Hall–Kier alpha value is -2.87. The van der Waals surface area contributed by atoms with Gasteiger partial charge in [0.15, 0.2) is 0 Å². The first-order valence-corrected chi connectivity index (χ1v) is 12.3. The summed E-state index contributed by atoms with van der Waals surface area (Å²) in [5, 5.41) is 8.59. The number of thioether (sulfide) groups is 1. The number of carbonyl (C=O) groups excluding carboxylic acids is 1. The molecular weight excluding hydrogens is 441 g/mol. The fourth-order valence-electron chi connectivity index (χ4n) is 4.11. The topological polar surface area (TPSA) is 68.5 Å². The van der Waals surface area contributed by atoms with Crippen LogP contribution < -0.4 is 4.74 Å². The molecule has 6 nitrogen and oxygen atoms in total. The molecule has 2 aromatic carbocycles. The number of nitrogens with zero attached hydrogens (tertiary/aromatic N) is 3. The highest BCUT2D eigenvalue weighted by atomic mass is 32.2. The van der Waals surface area contributed by atoms with Gasteiger partial charge in [0.1, 0.15) is 11.6 Å². The van der Waals surface area contributed by atoms with Crippen molar-refractivity contribution in [3.05, 3.63) is 59.9 Å². The van der Waals surface area contributed by atoms with Crippen LogP contribution in [-0.4, -0.2) is 39.4 Å². The van der Waals surface area contributed by atoms with E-state index in [0.29, 0.717) is 30.0 Å². The number of para-hydroxylation sites is 1. The van der Waals surface area contributed by atoms with E-state index in [4.69, 9.17) is 9.15 Å². The van der Waals surface area contributed by atoms with Gasteiger partial charge in [-0.1, -0.05) is 55.3 Å². The number of aromatic nitrogens is 2. The molecule has 1 amide bonds. The molecule has 1 aliphatic carbocycles. The van der Waals surface area contributed by atoms with Gasteiger partial charge in [0, 0.05) is 12.6 Å². The molecule has 1 saturated carbocycles. The number of halogens is 1. The molecule has 4 rings (SSSR count). The Labute approximate surface area is 197 Å². The highest BCUT2D eigenvalue weighted by Gasteiger charge is 2.26. The van der Waals surface area contributed by atoms with Gasteiger partial charge in [-0.25, -0.2) is 4.39 Å². The Balaban J connectivity index is 1.43. The van der Waals surface area contributed by atoms with Crippen molar-refractivity contribution in [2.45, 2.75) is 56.8 Å². The van der Waals surface area contributed by atoms with Gasteiger partial charge in [0.2, 0.25) is 5.91 Å². The van der Waals surface area contributed by atoms with Crippen molar-refractivity contribution < 1.29 is 18.3 Å². The van der Waals surface area contributed by atoms with E-state index in [1.807, 2.05) is 36.1 Å². The number of amides is 1. The Bertz CT molecular complexity index is 1050. The van der Waals surface area contributed by atoms with E-state index < -0.39 is 0 Å². The van der Waals surface area contributed by atoms with Crippen molar-refractivity contribution >= 4 is 17.7 Å². The van der Waals surface area contributed by atoms with E-state index in [-0.39, 0.29) is 23.5 Å². The molecule has 0 spiro atoms. The zero-order chi connectivity index (χ0) is 23.0. The molecule has 0 aliphatic heterocycles. The first-order chi connectivity index (χ1) is 16.1. The summed E-state index contributed by atoms with van der Waals surface area (Å²) >= 11 is 1.24.